The highest BCUT2D eigenvalue weighted by molar-refractivity contribution is 5.92. The lowest BCUT2D eigenvalue weighted by atomic mass is 9.88. The number of hydrogen-bond acceptors (Lipinski definition) is 6. The normalized spacial score (nSPS) is 15.7. The minimum absolute atomic E-state index is 0.00801. The highest BCUT2D eigenvalue weighted by Crippen LogP contribution is 2.20. The Kier molecular flexibility index (Phi) is 4.57. The molecule has 3 rings (SSSR count). The molecule has 1 aliphatic heterocycles. The summed E-state index contributed by atoms with van der Waals surface area (Å²) in [7, 11) is 0. The quantitative estimate of drug-likeness (QED) is 0.844. The van der Waals surface area contributed by atoms with E-state index in [2.05, 4.69) is 20.8 Å². The predicted molar refractivity (Wildman–Crippen MR) is 84.0 cm³/mol. The summed E-state index contributed by atoms with van der Waals surface area (Å²) in [5.41, 5.74) is 0.761. The highest BCUT2D eigenvalue weighted by atomic mass is 16.5. The van der Waals surface area contributed by atoms with Gasteiger partial charge in [0.1, 0.15) is 5.75 Å². The molecule has 1 atom stereocenters. The van der Waals surface area contributed by atoms with Crippen molar-refractivity contribution in [2.24, 2.45) is 11.8 Å². The number of carbonyl (C=O) groups is 1. The summed E-state index contributed by atoms with van der Waals surface area (Å²) >= 11 is 0. The van der Waals surface area contributed by atoms with Crippen LogP contribution in [0.25, 0.3) is 0 Å². The van der Waals surface area contributed by atoms with Crippen molar-refractivity contribution in [1.82, 2.24) is 15.5 Å². The molecular formula is C16H20N4O3. The van der Waals surface area contributed by atoms with E-state index in [1.807, 2.05) is 19.1 Å². The zero-order valence-electron chi connectivity index (χ0n) is 13.2. The van der Waals surface area contributed by atoms with Crippen LogP contribution in [0.2, 0.25) is 0 Å². The fourth-order valence-corrected chi connectivity index (χ4v) is 2.32. The second-order valence-corrected chi connectivity index (χ2v) is 5.74. The van der Waals surface area contributed by atoms with Crippen molar-refractivity contribution in [3.63, 3.8) is 0 Å². The molecule has 2 heterocycles. The van der Waals surface area contributed by atoms with Crippen LogP contribution in [0.3, 0.4) is 0 Å². The van der Waals surface area contributed by atoms with Crippen molar-refractivity contribution in [3.8, 4) is 5.75 Å². The monoisotopic (exact) mass is 316 g/mol. The molecule has 1 unspecified atom stereocenters. The van der Waals surface area contributed by atoms with E-state index in [1.165, 1.54) is 0 Å². The van der Waals surface area contributed by atoms with Gasteiger partial charge in [-0.3, -0.25) is 4.79 Å². The van der Waals surface area contributed by atoms with Gasteiger partial charge in [-0.05, 0) is 43.3 Å². The van der Waals surface area contributed by atoms with Gasteiger partial charge in [0.05, 0.1) is 0 Å². The first-order valence-corrected chi connectivity index (χ1v) is 7.65. The molecule has 2 aromatic rings. The van der Waals surface area contributed by atoms with Crippen molar-refractivity contribution in [2.75, 3.05) is 18.4 Å². The van der Waals surface area contributed by atoms with Crippen LogP contribution in [-0.4, -0.2) is 29.1 Å². The number of benzene rings is 1. The number of nitrogens with one attached hydrogen (secondary N) is 2. The minimum Gasteiger partial charge on any atom is -0.485 e. The Morgan fingerprint density at radius 2 is 2.17 bits per heavy atom. The first kappa shape index (κ1) is 15.5. The molecule has 0 spiro atoms. The molecule has 23 heavy (non-hydrogen) atoms. The molecule has 0 radical (unpaired) electrons. The summed E-state index contributed by atoms with van der Waals surface area (Å²) in [5, 5.41) is 9.88. The third-order valence-electron chi connectivity index (χ3n) is 3.99. The number of rotatable bonds is 6. The predicted octanol–water partition coefficient (Wildman–Crippen LogP) is 1.75. The van der Waals surface area contributed by atoms with Crippen molar-refractivity contribution >= 4 is 11.6 Å². The van der Waals surface area contributed by atoms with Gasteiger partial charge in [0.15, 0.2) is 6.61 Å². The number of ether oxygens (including phenoxy) is 1. The average Bonchev–Trinajstić information content (AvgIpc) is 2.90. The standard InChI is InChI=1S/C16H20N4O3/c1-10(12-7-17-8-12)16(21)19-13-3-5-14(6-4-13)22-9-15-18-11(2)23-20-15/h3-6,10,12,17H,7-9H2,1-2H3,(H,19,21). The van der Waals surface area contributed by atoms with E-state index < -0.39 is 0 Å². The molecule has 1 amide bonds. The largest absolute Gasteiger partial charge is 0.485 e. The lowest BCUT2D eigenvalue weighted by Gasteiger charge is -2.31. The SMILES string of the molecule is Cc1nc(COc2ccc(NC(=O)C(C)C3CNC3)cc2)no1. The Morgan fingerprint density at radius 3 is 2.74 bits per heavy atom. The molecule has 2 N–H and O–H groups in total. The van der Waals surface area contributed by atoms with Crippen LogP contribution in [0, 0.1) is 18.8 Å². The van der Waals surface area contributed by atoms with Gasteiger partial charge in [-0.1, -0.05) is 12.1 Å². The fraction of sp³-hybridized carbons (Fsp3) is 0.438. The van der Waals surface area contributed by atoms with Crippen molar-refractivity contribution in [1.29, 1.82) is 0 Å². The van der Waals surface area contributed by atoms with Gasteiger partial charge in [-0.25, -0.2) is 0 Å². The van der Waals surface area contributed by atoms with Gasteiger partial charge >= 0.3 is 0 Å². The summed E-state index contributed by atoms with van der Waals surface area (Å²) in [4.78, 5) is 16.2. The maximum absolute atomic E-state index is 12.1. The first-order chi connectivity index (χ1) is 11.1. The van der Waals surface area contributed by atoms with Gasteiger partial charge in [0.2, 0.25) is 17.6 Å². The summed E-state index contributed by atoms with van der Waals surface area (Å²) in [6.45, 7) is 5.77. The van der Waals surface area contributed by atoms with Crippen molar-refractivity contribution < 1.29 is 14.1 Å². The second kappa shape index (κ2) is 6.78. The van der Waals surface area contributed by atoms with E-state index in [-0.39, 0.29) is 18.4 Å². The molecule has 1 aromatic carbocycles. The molecule has 0 saturated carbocycles. The summed E-state index contributed by atoms with van der Waals surface area (Å²) < 4.78 is 10.4. The van der Waals surface area contributed by atoms with E-state index >= 15 is 0 Å². The van der Waals surface area contributed by atoms with E-state index in [0.717, 1.165) is 18.8 Å². The van der Waals surface area contributed by atoms with E-state index in [4.69, 9.17) is 9.26 Å². The Morgan fingerprint density at radius 1 is 1.43 bits per heavy atom. The molecule has 1 aliphatic rings. The van der Waals surface area contributed by atoms with Crippen molar-refractivity contribution in [2.45, 2.75) is 20.5 Å². The fourth-order valence-electron chi connectivity index (χ4n) is 2.32. The third-order valence-corrected chi connectivity index (χ3v) is 3.99. The second-order valence-electron chi connectivity index (χ2n) is 5.74. The molecule has 7 nitrogen and oxygen atoms in total. The van der Waals surface area contributed by atoms with E-state index in [0.29, 0.717) is 23.4 Å². The maximum Gasteiger partial charge on any atom is 0.227 e. The summed E-state index contributed by atoms with van der Waals surface area (Å²) in [6.07, 6.45) is 0. The van der Waals surface area contributed by atoms with Crippen LogP contribution >= 0.6 is 0 Å². The van der Waals surface area contributed by atoms with Crippen LogP contribution in [0.1, 0.15) is 18.6 Å². The average molecular weight is 316 g/mol. The van der Waals surface area contributed by atoms with Crippen LogP contribution in [0.5, 0.6) is 5.75 Å². The van der Waals surface area contributed by atoms with Crippen LogP contribution in [-0.2, 0) is 11.4 Å². The highest BCUT2D eigenvalue weighted by Gasteiger charge is 2.28. The minimum atomic E-state index is 0.00801. The molecule has 7 heteroatoms. The number of anilines is 1. The van der Waals surface area contributed by atoms with Crippen LogP contribution in [0.15, 0.2) is 28.8 Å². The Hall–Kier alpha value is -2.41. The third kappa shape index (κ3) is 3.87. The lowest BCUT2D eigenvalue weighted by molar-refractivity contribution is -0.121. The van der Waals surface area contributed by atoms with E-state index in [9.17, 15) is 4.79 Å². The Balaban J connectivity index is 1.51. The van der Waals surface area contributed by atoms with Gasteiger partial charge < -0.3 is 19.9 Å². The maximum atomic E-state index is 12.1. The molecule has 1 saturated heterocycles. The van der Waals surface area contributed by atoms with Gasteiger partial charge in [0.25, 0.3) is 0 Å². The number of hydrogen-bond donors (Lipinski definition) is 2. The summed E-state index contributed by atoms with van der Waals surface area (Å²) in [5.74, 6) is 2.18. The van der Waals surface area contributed by atoms with Crippen molar-refractivity contribution in [3.05, 3.63) is 36.0 Å². The molecule has 1 fully saturated rings. The smallest absolute Gasteiger partial charge is 0.227 e. The van der Waals surface area contributed by atoms with E-state index in [1.54, 1.807) is 19.1 Å². The van der Waals surface area contributed by atoms with Gasteiger partial charge in [-0.15, -0.1) is 0 Å². The number of carbonyl (C=O) groups excluding carboxylic acids is 1. The number of amides is 1. The van der Waals surface area contributed by atoms with Crippen LogP contribution in [0.4, 0.5) is 5.69 Å². The summed E-state index contributed by atoms with van der Waals surface area (Å²) in [6, 6.07) is 7.25. The van der Waals surface area contributed by atoms with Gasteiger partial charge in [0, 0.05) is 18.5 Å². The lowest BCUT2D eigenvalue weighted by Crippen LogP contribution is -2.48. The number of nitrogens with zero attached hydrogens (tertiary/aromatic N) is 2. The molecular weight excluding hydrogens is 296 g/mol. The first-order valence-electron chi connectivity index (χ1n) is 7.65. The topological polar surface area (TPSA) is 89.3 Å². The number of aromatic nitrogens is 2. The molecule has 1 aromatic heterocycles. The zero-order valence-corrected chi connectivity index (χ0v) is 13.2. The van der Waals surface area contributed by atoms with Crippen LogP contribution < -0.4 is 15.4 Å². The Bertz CT molecular complexity index is 664. The molecule has 0 aliphatic carbocycles. The molecule has 122 valence electrons. The zero-order chi connectivity index (χ0) is 16.2. The van der Waals surface area contributed by atoms with Gasteiger partial charge in [-0.2, -0.15) is 4.98 Å². The molecule has 0 bridgehead atoms. The Labute approximate surface area is 134 Å². The number of aryl methyl sites for hydroxylation is 1.